The third-order valence-electron chi connectivity index (χ3n) is 3.53. The van der Waals surface area contributed by atoms with Gasteiger partial charge in [0.1, 0.15) is 0 Å². The first-order valence-electron chi connectivity index (χ1n) is 7.86. The number of carbonyl (C=O) groups is 1. The van der Waals surface area contributed by atoms with Crippen LogP contribution in [0.5, 0.6) is 0 Å². The fourth-order valence-electron chi connectivity index (χ4n) is 2.37. The summed E-state index contributed by atoms with van der Waals surface area (Å²) in [6.07, 6.45) is 0. The summed E-state index contributed by atoms with van der Waals surface area (Å²) < 4.78 is 4.63. The number of ether oxygens (including phenoxy) is 1. The van der Waals surface area contributed by atoms with Crippen LogP contribution in [0.25, 0.3) is 11.1 Å². The molecule has 0 saturated carbocycles. The van der Waals surface area contributed by atoms with Crippen molar-refractivity contribution in [2.24, 2.45) is 0 Å². The molecule has 0 amide bonds. The topological polar surface area (TPSA) is 29.5 Å². The normalized spacial score (nSPS) is 9.76. The second-order valence-electron chi connectivity index (χ2n) is 5.77. The first-order chi connectivity index (χ1) is 11.6. The monoisotopic (exact) mass is 377 g/mol. The zero-order chi connectivity index (χ0) is 17.4. The molecule has 3 aromatic carbocycles. The molecule has 25 heavy (non-hydrogen) atoms. The summed E-state index contributed by atoms with van der Waals surface area (Å²) in [5, 5.41) is 0. The summed E-state index contributed by atoms with van der Waals surface area (Å²) in [7, 11) is 5.54. The fraction of sp³-hybridized carbons (Fsp3) is 0.190. The summed E-state index contributed by atoms with van der Waals surface area (Å²) in [4.78, 5) is 13.4. The number of carbonyl (C=O) groups excluding carboxylic acids is 1. The van der Waals surface area contributed by atoms with Gasteiger partial charge in [0.25, 0.3) is 0 Å². The van der Waals surface area contributed by atoms with E-state index in [9.17, 15) is 4.79 Å². The maximum absolute atomic E-state index is 11.2. The Bertz CT molecular complexity index is 714. The van der Waals surface area contributed by atoms with Crippen molar-refractivity contribution in [3.05, 3.63) is 83.9 Å². The van der Waals surface area contributed by atoms with Crippen LogP contribution < -0.4 is 0 Å². The molecular weight excluding hydrogens is 354 g/mol. The molecule has 0 aliphatic rings. The first kappa shape index (κ1) is 20.9. The van der Waals surface area contributed by atoms with Gasteiger partial charge in [-0.2, -0.15) is 24.3 Å². The van der Waals surface area contributed by atoms with E-state index >= 15 is 0 Å². The Morgan fingerprint density at radius 2 is 1.48 bits per heavy atom. The quantitative estimate of drug-likeness (QED) is 0.385. The smallest absolute Gasteiger partial charge is 0.465 e. The van der Waals surface area contributed by atoms with E-state index in [-0.39, 0.29) is 23.0 Å². The first-order valence-corrected chi connectivity index (χ1v) is 7.86. The van der Waals surface area contributed by atoms with E-state index in [1.807, 2.05) is 36.4 Å². The van der Waals surface area contributed by atoms with Crippen LogP contribution in [0.3, 0.4) is 0 Å². The van der Waals surface area contributed by atoms with E-state index in [2.05, 4.69) is 48.0 Å². The van der Waals surface area contributed by atoms with E-state index in [0.717, 1.165) is 17.7 Å². The molecule has 0 fully saturated rings. The van der Waals surface area contributed by atoms with Gasteiger partial charge >= 0.3 is 23.0 Å². The summed E-state index contributed by atoms with van der Waals surface area (Å²) in [6.45, 7) is 1.05. The summed E-state index contributed by atoms with van der Waals surface area (Å²) >= 11 is 0. The molecule has 0 bridgehead atoms. The molecule has 0 aromatic heterocycles. The van der Waals surface area contributed by atoms with Gasteiger partial charge in [0.15, 0.2) is 0 Å². The molecule has 0 N–H and O–H groups in total. The van der Waals surface area contributed by atoms with Gasteiger partial charge in [-0.05, 0) is 20.6 Å². The van der Waals surface area contributed by atoms with Crippen molar-refractivity contribution in [2.45, 2.75) is 6.54 Å². The maximum Gasteiger partial charge on any atom is 2.00 e. The summed E-state index contributed by atoms with van der Waals surface area (Å²) in [5.74, 6) is -0.302. The van der Waals surface area contributed by atoms with Crippen molar-refractivity contribution in [1.82, 2.24) is 4.90 Å². The molecule has 3 aromatic rings. The van der Waals surface area contributed by atoms with E-state index in [4.69, 9.17) is 0 Å². The number of nitrogens with zero attached hydrogens (tertiary/aromatic N) is 1. The van der Waals surface area contributed by atoms with Crippen molar-refractivity contribution >= 4 is 5.97 Å². The number of methoxy groups -OCH3 is 1. The third-order valence-corrected chi connectivity index (χ3v) is 3.53. The number of esters is 1. The molecule has 0 atom stereocenters. The minimum Gasteiger partial charge on any atom is -0.465 e. The largest absolute Gasteiger partial charge is 2.00 e. The van der Waals surface area contributed by atoms with Crippen molar-refractivity contribution in [3.8, 4) is 11.1 Å². The van der Waals surface area contributed by atoms with E-state index in [1.165, 1.54) is 12.7 Å². The molecule has 132 valence electrons. The molecule has 0 heterocycles. The van der Waals surface area contributed by atoms with Gasteiger partial charge in [-0.25, -0.2) is 16.9 Å². The third kappa shape index (κ3) is 6.71. The number of hydrogen-bond donors (Lipinski definition) is 0. The zero-order valence-corrected chi connectivity index (χ0v) is 15.9. The second kappa shape index (κ2) is 10.7. The fourth-order valence-corrected chi connectivity index (χ4v) is 2.37. The van der Waals surface area contributed by atoms with Crippen molar-refractivity contribution in [3.63, 3.8) is 0 Å². The van der Waals surface area contributed by atoms with E-state index < -0.39 is 0 Å². The minimum atomic E-state index is -0.302. The van der Waals surface area contributed by atoms with Gasteiger partial charge in [-0.15, -0.1) is 35.4 Å². The van der Waals surface area contributed by atoms with Gasteiger partial charge in [0, 0.05) is 5.56 Å². The molecular formula is C21H23FeNO2. The van der Waals surface area contributed by atoms with Gasteiger partial charge in [0.2, 0.25) is 0 Å². The van der Waals surface area contributed by atoms with Gasteiger partial charge in [0.05, 0.1) is 7.11 Å². The molecule has 3 nitrogen and oxygen atoms in total. The predicted octanol–water partition coefficient (Wildman–Crippen LogP) is 4.32. The van der Waals surface area contributed by atoms with E-state index in [1.54, 1.807) is 12.1 Å². The molecule has 0 aliphatic heterocycles. The molecule has 4 heteroatoms. The van der Waals surface area contributed by atoms with Crippen LogP contribution >= 0.6 is 0 Å². The van der Waals surface area contributed by atoms with Crippen molar-refractivity contribution < 1.29 is 26.6 Å². The van der Waals surface area contributed by atoms with Crippen LogP contribution in [-0.2, 0) is 28.4 Å². The van der Waals surface area contributed by atoms with Crippen LogP contribution in [0, 0.1) is 0 Å². The summed E-state index contributed by atoms with van der Waals surface area (Å²) in [6, 6.07) is 23.8. The van der Waals surface area contributed by atoms with Crippen LogP contribution in [0.4, 0.5) is 0 Å². The molecule has 3 rings (SSSR count). The molecule has 0 saturated heterocycles. The van der Waals surface area contributed by atoms with Crippen molar-refractivity contribution in [2.75, 3.05) is 21.2 Å². The Hall–Kier alpha value is -2.13. The van der Waals surface area contributed by atoms with Crippen LogP contribution in [0.1, 0.15) is 15.9 Å². The predicted molar refractivity (Wildman–Crippen MR) is 98.2 cm³/mol. The standard InChI is InChI=1S/C13H11O2.C8H12N.Fe/c1-15-13(14)12-8-6-11(7-9-12)10-4-2-3-5-10;1-9(2)7-8-5-3-4-6-8;/h2-9H,1H3;3-6H,7H2,1-2H3;/q2*-1;+2. The molecule has 0 unspecified atom stereocenters. The second-order valence-corrected chi connectivity index (χ2v) is 5.77. The Balaban J connectivity index is 0.000000270. The Kier molecular flexibility index (Phi) is 8.93. The SMILES string of the molecule is CN(C)C[c-]1cccc1.COC(=O)c1ccc(-[c-]2cccc2)cc1.[Fe+2]. The van der Waals surface area contributed by atoms with Crippen LogP contribution in [0.2, 0.25) is 0 Å². The Labute approximate surface area is 160 Å². The van der Waals surface area contributed by atoms with Crippen LogP contribution in [0.15, 0.2) is 72.8 Å². The van der Waals surface area contributed by atoms with Crippen molar-refractivity contribution in [1.29, 1.82) is 0 Å². The maximum atomic E-state index is 11.2. The Morgan fingerprint density at radius 1 is 0.960 bits per heavy atom. The number of rotatable bonds is 4. The number of hydrogen-bond acceptors (Lipinski definition) is 3. The van der Waals surface area contributed by atoms with E-state index in [0.29, 0.717) is 5.56 Å². The van der Waals surface area contributed by atoms with Gasteiger partial charge in [-0.1, -0.05) is 17.7 Å². The molecule has 0 spiro atoms. The molecule has 0 radical (unpaired) electrons. The molecule has 0 aliphatic carbocycles. The van der Waals surface area contributed by atoms with Gasteiger partial charge < -0.3 is 9.64 Å². The number of benzene rings is 1. The average molecular weight is 377 g/mol. The van der Waals surface area contributed by atoms with Crippen LogP contribution in [-0.4, -0.2) is 32.1 Å². The summed E-state index contributed by atoms with van der Waals surface area (Å²) in [5.41, 5.74) is 4.23. The zero-order valence-electron chi connectivity index (χ0n) is 14.8. The Morgan fingerprint density at radius 3 is 1.96 bits per heavy atom. The average Bonchev–Trinajstić information content (AvgIpc) is 3.28. The minimum absolute atomic E-state index is 0. The van der Waals surface area contributed by atoms with Gasteiger partial charge in [-0.3, -0.25) is 0 Å².